The predicted octanol–water partition coefficient (Wildman–Crippen LogP) is 2.37. The summed E-state index contributed by atoms with van der Waals surface area (Å²) in [5.41, 5.74) is -0.802. The van der Waals surface area contributed by atoms with E-state index in [4.69, 9.17) is 9.15 Å². The summed E-state index contributed by atoms with van der Waals surface area (Å²) in [5.74, 6) is -0.520. The zero-order chi connectivity index (χ0) is 19.3. The van der Waals surface area contributed by atoms with E-state index in [-0.39, 0.29) is 5.76 Å². The lowest BCUT2D eigenvalue weighted by Crippen LogP contribution is -2.51. The van der Waals surface area contributed by atoms with Crippen LogP contribution in [-0.4, -0.2) is 45.8 Å². The van der Waals surface area contributed by atoms with E-state index in [1.165, 1.54) is 11.0 Å². The second kappa shape index (κ2) is 8.08. The summed E-state index contributed by atoms with van der Waals surface area (Å²) in [7, 11) is 1.60. The van der Waals surface area contributed by atoms with Crippen molar-refractivity contribution in [3.05, 3.63) is 42.1 Å². The molecule has 0 unspecified atom stereocenters. The van der Waals surface area contributed by atoms with Crippen molar-refractivity contribution in [2.45, 2.75) is 44.2 Å². The van der Waals surface area contributed by atoms with Gasteiger partial charge in [0.25, 0.3) is 5.91 Å². The number of nitrogens with zero attached hydrogens (tertiary/aromatic N) is 4. The summed E-state index contributed by atoms with van der Waals surface area (Å²) in [5, 5.41) is 13.6. The zero-order valence-electron chi connectivity index (χ0n) is 15.3. The van der Waals surface area contributed by atoms with Gasteiger partial charge in [0, 0.05) is 19.4 Å². The Morgan fingerprint density at radius 2 is 2.15 bits per heavy atom. The van der Waals surface area contributed by atoms with Crippen molar-refractivity contribution in [1.29, 1.82) is 5.26 Å². The van der Waals surface area contributed by atoms with Gasteiger partial charge in [0.1, 0.15) is 11.3 Å². The Bertz CT molecular complexity index is 828. The average molecular weight is 370 g/mol. The number of amides is 1. The molecule has 0 aliphatic heterocycles. The molecule has 1 fully saturated rings. The van der Waals surface area contributed by atoms with Crippen LogP contribution in [0.25, 0.3) is 0 Å². The summed E-state index contributed by atoms with van der Waals surface area (Å²) in [6.45, 7) is -0.0272. The summed E-state index contributed by atoms with van der Waals surface area (Å²) < 4.78 is 12.2. The van der Waals surface area contributed by atoms with E-state index in [0.29, 0.717) is 25.1 Å². The van der Waals surface area contributed by atoms with Crippen molar-refractivity contribution in [2.75, 3.05) is 13.7 Å². The first-order chi connectivity index (χ1) is 13.0. The molecular weight excluding hydrogens is 348 g/mol. The van der Waals surface area contributed by atoms with Gasteiger partial charge in [-0.3, -0.25) is 9.48 Å². The first-order valence-electron chi connectivity index (χ1n) is 8.95. The lowest BCUT2D eigenvalue weighted by Gasteiger charge is -2.38. The van der Waals surface area contributed by atoms with Crippen molar-refractivity contribution < 1.29 is 18.7 Å². The monoisotopic (exact) mass is 370 g/mol. The number of nitriles is 1. The Balaban J connectivity index is 1.54. The Labute approximate surface area is 157 Å². The predicted molar refractivity (Wildman–Crippen MR) is 94.5 cm³/mol. The minimum atomic E-state index is -0.802. The fourth-order valence-corrected chi connectivity index (χ4v) is 3.32. The summed E-state index contributed by atoms with van der Waals surface area (Å²) in [6.07, 6.45) is 7.63. The molecule has 0 atom stereocenters. The molecule has 2 aromatic heterocycles. The number of esters is 1. The third-order valence-electron chi connectivity index (χ3n) is 4.97. The second-order valence-corrected chi connectivity index (χ2v) is 6.70. The Morgan fingerprint density at radius 1 is 1.37 bits per heavy atom. The van der Waals surface area contributed by atoms with E-state index < -0.39 is 24.0 Å². The number of rotatable bonds is 6. The highest BCUT2D eigenvalue weighted by Gasteiger charge is 2.39. The topological polar surface area (TPSA) is 101 Å². The molecule has 1 aliphatic rings. The first kappa shape index (κ1) is 18.7. The third-order valence-corrected chi connectivity index (χ3v) is 4.97. The van der Waals surface area contributed by atoms with Crippen molar-refractivity contribution >= 4 is 11.9 Å². The lowest BCUT2D eigenvalue weighted by atomic mass is 9.81. The molecule has 27 heavy (non-hydrogen) atoms. The molecule has 0 saturated heterocycles. The van der Waals surface area contributed by atoms with E-state index >= 15 is 0 Å². The second-order valence-electron chi connectivity index (χ2n) is 6.70. The van der Waals surface area contributed by atoms with Crippen LogP contribution in [0.5, 0.6) is 0 Å². The van der Waals surface area contributed by atoms with Gasteiger partial charge in [-0.15, -0.1) is 0 Å². The number of ether oxygens (including phenoxy) is 1. The molecule has 0 bridgehead atoms. The molecule has 0 spiro atoms. The van der Waals surface area contributed by atoms with Gasteiger partial charge in [-0.2, -0.15) is 10.4 Å². The maximum atomic E-state index is 12.4. The quantitative estimate of drug-likeness (QED) is 0.724. The molecule has 142 valence electrons. The molecule has 2 heterocycles. The number of hydrogen-bond acceptors (Lipinski definition) is 6. The third kappa shape index (κ3) is 4.19. The normalized spacial score (nSPS) is 15.7. The molecule has 1 amide bonds. The lowest BCUT2D eigenvalue weighted by molar-refractivity contribution is -0.138. The van der Waals surface area contributed by atoms with Gasteiger partial charge >= 0.3 is 5.97 Å². The van der Waals surface area contributed by atoms with Crippen LogP contribution in [0.3, 0.4) is 0 Å². The molecule has 1 aliphatic carbocycles. The van der Waals surface area contributed by atoms with Crippen molar-refractivity contribution in [2.24, 2.45) is 0 Å². The van der Waals surface area contributed by atoms with E-state index in [1.807, 2.05) is 0 Å². The minimum Gasteiger partial charge on any atom is -0.452 e. The number of likely N-dealkylation sites (N-methyl/N-ethyl adjacent to an activating group) is 1. The summed E-state index contributed by atoms with van der Waals surface area (Å²) in [6, 6.07) is 7.24. The molecule has 0 aromatic carbocycles. The molecule has 0 N–H and O–H groups in total. The van der Waals surface area contributed by atoms with Crippen LogP contribution in [-0.2, 0) is 16.1 Å². The van der Waals surface area contributed by atoms with Crippen LogP contribution >= 0.6 is 0 Å². The SMILES string of the molecule is CN(C(=O)COC(=O)c1ccc(Cn2cccn2)o1)C1(C#N)CCCCC1. The van der Waals surface area contributed by atoms with Gasteiger partial charge in [0.05, 0.1) is 12.6 Å². The number of carbonyl (C=O) groups is 2. The fourth-order valence-electron chi connectivity index (χ4n) is 3.32. The summed E-state index contributed by atoms with van der Waals surface area (Å²) in [4.78, 5) is 26.0. The van der Waals surface area contributed by atoms with E-state index in [0.717, 1.165) is 19.3 Å². The molecule has 2 aromatic rings. The van der Waals surface area contributed by atoms with Crippen molar-refractivity contribution in [3.8, 4) is 6.07 Å². The van der Waals surface area contributed by atoms with Gasteiger partial charge < -0.3 is 14.1 Å². The molecule has 1 saturated carbocycles. The van der Waals surface area contributed by atoms with Crippen LogP contribution in [0.1, 0.15) is 48.4 Å². The molecular formula is C19H22N4O4. The van der Waals surface area contributed by atoms with Gasteiger partial charge in [0.2, 0.25) is 5.76 Å². The number of furan rings is 1. The molecule has 8 heteroatoms. The van der Waals surface area contributed by atoms with Crippen LogP contribution in [0.2, 0.25) is 0 Å². The number of hydrogen-bond donors (Lipinski definition) is 0. The maximum absolute atomic E-state index is 12.4. The van der Waals surface area contributed by atoms with Gasteiger partial charge in [-0.1, -0.05) is 19.3 Å². The van der Waals surface area contributed by atoms with Crippen molar-refractivity contribution in [1.82, 2.24) is 14.7 Å². The molecule has 8 nitrogen and oxygen atoms in total. The van der Waals surface area contributed by atoms with Gasteiger partial charge in [0.15, 0.2) is 6.61 Å². The van der Waals surface area contributed by atoms with Gasteiger partial charge in [-0.05, 0) is 31.0 Å². The fraction of sp³-hybridized carbons (Fsp3) is 0.474. The van der Waals surface area contributed by atoms with E-state index in [9.17, 15) is 14.9 Å². The molecule has 0 radical (unpaired) electrons. The van der Waals surface area contributed by atoms with Crippen LogP contribution in [0.15, 0.2) is 35.0 Å². The maximum Gasteiger partial charge on any atom is 0.374 e. The largest absolute Gasteiger partial charge is 0.452 e. The van der Waals surface area contributed by atoms with E-state index in [2.05, 4.69) is 11.2 Å². The average Bonchev–Trinajstić information content (AvgIpc) is 3.38. The first-order valence-corrected chi connectivity index (χ1v) is 8.95. The smallest absolute Gasteiger partial charge is 0.374 e. The van der Waals surface area contributed by atoms with Gasteiger partial charge in [-0.25, -0.2) is 4.79 Å². The Hall–Kier alpha value is -3.08. The highest BCUT2D eigenvalue weighted by atomic mass is 16.5. The Kier molecular flexibility index (Phi) is 5.60. The van der Waals surface area contributed by atoms with Crippen LogP contribution < -0.4 is 0 Å². The summed E-state index contributed by atoms with van der Waals surface area (Å²) >= 11 is 0. The van der Waals surface area contributed by atoms with E-state index in [1.54, 1.807) is 36.3 Å². The standard InChI is InChI=1S/C19H22N4O4/c1-22(19(14-20)8-3-2-4-9-19)17(24)13-26-18(25)16-7-6-15(27-16)12-23-11-5-10-21-23/h5-7,10-11H,2-4,8-9,12-13H2,1H3. The Morgan fingerprint density at radius 3 is 2.81 bits per heavy atom. The highest BCUT2D eigenvalue weighted by Crippen LogP contribution is 2.32. The number of aromatic nitrogens is 2. The van der Waals surface area contributed by atoms with Crippen LogP contribution in [0, 0.1) is 11.3 Å². The zero-order valence-corrected chi connectivity index (χ0v) is 15.3. The highest BCUT2D eigenvalue weighted by molar-refractivity contribution is 5.89. The molecule has 3 rings (SSSR count). The number of carbonyl (C=O) groups excluding carboxylic acids is 2. The van der Waals surface area contributed by atoms with Crippen LogP contribution in [0.4, 0.5) is 0 Å². The minimum absolute atomic E-state index is 0.0280. The van der Waals surface area contributed by atoms with Crippen molar-refractivity contribution in [3.63, 3.8) is 0 Å².